The lowest BCUT2D eigenvalue weighted by Gasteiger charge is -2.27. The van der Waals surface area contributed by atoms with Gasteiger partial charge in [-0.1, -0.05) is 76.6 Å². The van der Waals surface area contributed by atoms with E-state index in [0.29, 0.717) is 21.2 Å². The highest BCUT2D eigenvalue weighted by Crippen LogP contribution is 2.30. The van der Waals surface area contributed by atoms with E-state index >= 15 is 0 Å². The van der Waals surface area contributed by atoms with Gasteiger partial charge in [0.25, 0.3) is 5.91 Å². The number of halogens is 1. The molecule has 1 aromatic heterocycles. The predicted octanol–water partition coefficient (Wildman–Crippen LogP) is 4.65. The van der Waals surface area contributed by atoms with Crippen molar-refractivity contribution in [3.8, 4) is 5.75 Å². The summed E-state index contributed by atoms with van der Waals surface area (Å²) in [5.41, 5.74) is 1.64. The Hall–Kier alpha value is -4.01. The Morgan fingerprint density at radius 3 is 2.18 bits per heavy atom. The van der Waals surface area contributed by atoms with E-state index in [1.807, 2.05) is 0 Å². The van der Waals surface area contributed by atoms with Crippen molar-refractivity contribution in [2.24, 2.45) is 5.10 Å². The van der Waals surface area contributed by atoms with Gasteiger partial charge in [-0.2, -0.15) is 5.10 Å². The van der Waals surface area contributed by atoms with Crippen molar-refractivity contribution in [1.82, 2.24) is 5.43 Å². The molecule has 0 saturated heterocycles. The van der Waals surface area contributed by atoms with E-state index < -0.39 is 17.5 Å². The van der Waals surface area contributed by atoms with Crippen molar-refractivity contribution < 1.29 is 23.8 Å². The van der Waals surface area contributed by atoms with Gasteiger partial charge in [0.1, 0.15) is 5.75 Å². The number of rotatable bonds is 7. The van der Waals surface area contributed by atoms with Gasteiger partial charge in [-0.3, -0.25) is 4.79 Å². The second kappa shape index (κ2) is 10.3. The molecule has 0 saturated carbocycles. The van der Waals surface area contributed by atoms with Gasteiger partial charge in [-0.15, -0.1) is 0 Å². The minimum atomic E-state index is -1.97. The number of esters is 1. The summed E-state index contributed by atoms with van der Waals surface area (Å²) < 4.78 is 11.2. The summed E-state index contributed by atoms with van der Waals surface area (Å²) in [7, 11) is 0. The Bertz CT molecular complexity index is 1270. The monoisotopic (exact) mass is 518 g/mol. The highest BCUT2D eigenvalue weighted by Gasteiger charge is 2.39. The number of hydrogen-bond donors (Lipinski definition) is 2. The van der Waals surface area contributed by atoms with Crippen molar-refractivity contribution in [3.63, 3.8) is 0 Å². The Labute approximate surface area is 203 Å². The molecule has 2 N–H and O–H groups in total. The lowest BCUT2D eigenvalue weighted by Crippen LogP contribution is -2.43. The molecule has 1 heterocycles. The van der Waals surface area contributed by atoms with Crippen LogP contribution in [0, 0.1) is 0 Å². The van der Waals surface area contributed by atoms with Gasteiger partial charge in [0.15, 0.2) is 5.60 Å². The SMILES string of the molecule is O=C(Oc1ccc(Br)cc1/C=N/NC(=O)C(O)(c1ccccc1)c1ccccc1)c1ccco1. The molecule has 1 amide bonds. The van der Waals surface area contributed by atoms with Crippen molar-refractivity contribution >= 4 is 34.0 Å². The number of amides is 1. The number of hydrogen-bond acceptors (Lipinski definition) is 6. The number of nitrogens with zero attached hydrogens (tertiary/aromatic N) is 1. The maximum absolute atomic E-state index is 13.2. The standard InChI is InChI=1S/C26H19BrN2O5/c27-21-13-14-22(34-24(30)23-12-7-15-33-23)18(16-21)17-28-29-25(31)26(32,19-8-3-1-4-9-19)20-10-5-2-6-11-20/h1-17,32H,(H,29,31)/b28-17+. The van der Waals surface area contributed by atoms with Gasteiger partial charge in [-0.25, -0.2) is 10.2 Å². The summed E-state index contributed by atoms with van der Waals surface area (Å²) in [6.45, 7) is 0. The van der Waals surface area contributed by atoms with Crippen LogP contribution in [0.25, 0.3) is 0 Å². The van der Waals surface area contributed by atoms with E-state index in [1.165, 1.54) is 18.5 Å². The fourth-order valence-corrected chi connectivity index (χ4v) is 3.67. The molecule has 8 heteroatoms. The summed E-state index contributed by atoms with van der Waals surface area (Å²) in [4.78, 5) is 25.4. The van der Waals surface area contributed by atoms with E-state index in [9.17, 15) is 14.7 Å². The molecule has 0 aliphatic rings. The number of aliphatic hydroxyl groups is 1. The third kappa shape index (κ3) is 4.98. The van der Waals surface area contributed by atoms with Crippen molar-refractivity contribution in [1.29, 1.82) is 0 Å². The van der Waals surface area contributed by atoms with Crippen molar-refractivity contribution in [3.05, 3.63) is 124 Å². The van der Waals surface area contributed by atoms with Gasteiger partial charge in [0.2, 0.25) is 5.76 Å². The Balaban J connectivity index is 1.58. The molecule has 7 nitrogen and oxygen atoms in total. The maximum Gasteiger partial charge on any atom is 0.379 e. The molecule has 4 aromatic rings. The third-order valence-electron chi connectivity index (χ3n) is 4.98. The van der Waals surface area contributed by atoms with Crippen LogP contribution in [0.15, 0.2) is 111 Å². The van der Waals surface area contributed by atoms with E-state index in [0.717, 1.165) is 0 Å². The van der Waals surface area contributed by atoms with Crippen LogP contribution in [0.1, 0.15) is 27.2 Å². The summed E-state index contributed by atoms with van der Waals surface area (Å²) >= 11 is 3.37. The Morgan fingerprint density at radius 2 is 1.59 bits per heavy atom. The number of benzene rings is 3. The zero-order valence-corrected chi connectivity index (χ0v) is 19.3. The van der Waals surface area contributed by atoms with Gasteiger partial charge < -0.3 is 14.3 Å². The lowest BCUT2D eigenvalue weighted by atomic mass is 9.85. The zero-order chi connectivity index (χ0) is 24.0. The molecule has 170 valence electrons. The highest BCUT2D eigenvalue weighted by atomic mass is 79.9. The molecule has 3 aromatic carbocycles. The van der Waals surface area contributed by atoms with Gasteiger partial charge >= 0.3 is 5.97 Å². The maximum atomic E-state index is 13.2. The van der Waals surface area contributed by atoms with Gasteiger partial charge in [-0.05, 0) is 41.5 Å². The van der Waals surface area contributed by atoms with Crippen molar-refractivity contribution in [2.45, 2.75) is 5.60 Å². The number of furan rings is 1. The largest absolute Gasteiger partial charge is 0.457 e. The predicted molar refractivity (Wildman–Crippen MR) is 129 cm³/mol. The molecule has 0 aliphatic heterocycles. The second-order valence-corrected chi connectivity index (χ2v) is 8.11. The topological polar surface area (TPSA) is 101 Å². The molecule has 34 heavy (non-hydrogen) atoms. The van der Waals surface area contributed by atoms with Crippen LogP contribution in [0.2, 0.25) is 0 Å². The normalized spacial score (nSPS) is 11.4. The third-order valence-corrected chi connectivity index (χ3v) is 5.47. The smallest absolute Gasteiger partial charge is 0.379 e. The molecule has 0 bridgehead atoms. The van der Waals surface area contributed by atoms with Crippen molar-refractivity contribution in [2.75, 3.05) is 0 Å². The van der Waals surface area contributed by atoms with Gasteiger partial charge in [0, 0.05) is 10.0 Å². The van der Waals surface area contributed by atoms with Crippen LogP contribution in [-0.2, 0) is 10.4 Å². The summed E-state index contributed by atoms with van der Waals surface area (Å²) in [6.07, 6.45) is 2.69. The average molecular weight is 519 g/mol. The van der Waals surface area contributed by atoms with Gasteiger partial charge in [0.05, 0.1) is 12.5 Å². The van der Waals surface area contributed by atoms with Crippen LogP contribution in [0.3, 0.4) is 0 Å². The van der Waals surface area contributed by atoms with E-state index in [1.54, 1.807) is 84.9 Å². The van der Waals surface area contributed by atoms with Crippen LogP contribution in [0.5, 0.6) is 5.75 Å². The first-order valence-corrected chi connectivity index (χ1v) is 11.0. The first kappa shape index (κ1) is 23.2. The van der Waals surface area contributed by atoms with Crippen LogP contribution >= 0.6 is 15.9 Å². The summed E-state index contributed by atoms with van der Waals surface area (Å²) in [5, 5.41) is 15.5. The van der Waals surface area contributed by atoms with E-state index in [-0.39, 0.29) is 11.5 Å². The number of carbonyl (C=O) groups is 2. The molecule has 0 atom stereocenters. The molecule has 0 unspecified atom stereocenters. The molecule has 0 radical (unpaired) electrons. The fraction of sp³-hybridized carbons (Fsp3) is 0.0385. The van der Waals surface area contributed by atoms with E-state index in [4.69, 9.17) is 9.15 Å². The summed E-state index contributed by atoms with van der Waals surface area (Å²) in [5.74, 6) is -1.15. The highest BCUT2D eigenvalue weighted by molar-refractivity contribution is 9.10. The van der Waals surface area contributed by atoms with Crippen LogP contribution in [0.4, 0.5) is 0 Å². The zero-order valence-electron chi connectivity index (χ0n) is 17.7. The molecular formula is C26H19BrN2O5. The van der Waals surface area contributed by atoms with Crippen LogP contribution in [-0.4, -0.2) is 23.2 Å². The molecule has 0 fully saturated rings. The number of ether oxygens (including phenoxy) is 1. The Kier molecular flexibility index (Phi) is 7.01. The van der Waals surface area contributed by atoms with E-state index in [2.05, 4.69) is 26.5 Å². The second-order valence-electron chi connectivity index (χ2n) is 7.19. The molecule has 4 rings (SSSR count). The quantitative estimate of drug-likeness (QED) is 0.160. The molecule has 0 aliphatic carbocycles. The summed E-state index contributed by atoms with van der Waals surface area (Å²) in [6, 6.07) is 25.2. The number of hydrazone groups is 1. The molecule has 0 spiro atoms. The fourth-order valence-electron chi connectivity index (χ4n) is 3.29. The van der Waals surface area contributed by atoms with Crippen LogP contribution < -0.4 is 10.2 Å². The minimum Gasteiger partial charge on any atom is -0.457 e. The lowest BCUT2D eigenvalue weighted by molar-refractivity contribution is -0.136. The first-order chi connectivity index (χ1) is 16.5. The minimum absolute atomic E-state index is 0.0508. The first-order valence-electron chi connectivity index (χ1n) is 10.2. The molecular weight excluding hydrogens is 500 g/mol. The Morgan fingerprint density at radius 1 is 0.941 bits per heavy atom. The number of carbonyl (C=O) groups excluding carboxylic acids is 2. The average Bonchev–Trinajstić information content (AvgIpc) is 3.41. The number of nitrogens with one attached hydrogen (secondary N) is 1.